The molecule has 0 aliphatic heterocycles. The molecule has 2 aromatic carbocycles. The molecule has 0 spiro atoms. The number of nitrogens with one attached hydrogen (secondary N) is 1. The highest BCUT2D eigenvalue weighted by molar-refractivity contribution is 7.98. The number of thioether (sulfide) groups is 1. The highest BCUT2D eigenvalue weighted by Gasteiger charge is 2.04. The van der Waals surface area contributed by atoms with E-state index in [1.807, 2.05) is 36.0 Å². The third-order valence-corrected chi connectivity index (χ3v) is 4.90. The van der Waals surface area contributed by atoms with E-state index in [9.17, 15) is 4.79 Å². The molecule has 0 radical (unpaired) electrons. The van der Waals surface area contributed by atoms with Crippen LogP contribution in [0.4, 0.5) is 0 Å². The van der Waals surface area contributed by atoms with E-state index in [0.717, 1.165) is 17.3 Å². The predicted octanol–water partition coefficient (Wildman–Crippen LogP) is 4.55. The quantitative estimate of drug-likeness (QED) is 0.669. The average molecular weight is 358 g/mol. The van der Waals surface area contributed by atoms with Crippen molar-refractivity contribution in [3.05, 3.63) is 65.2 Å². The fourth-order valence-electron chi connectivity index (χ4n) is 2.29. The molecule has 2 aromatic rings. The Hall–Kier alpha value is -1.94. The van der Waals surface area contributed by atoms with Crippen LogP contribution in [0.3, 0.4) is 0 Å². The minimum absolute atomic E-state index is 0.0592. The van der Waals surface area contributed by atoms with E-state index in [0.29, 0.717) is 12.5 Å². The van der Waals surface area contributed by atoms with Gasteiger partial charge in [0, 0.05) is 18.1 Å². The van der Waals surface area contributed by atoms with Gasteiger partial charge in [0.15, 0.2) is 6.61 Å². The van der Waals surface area contributed by atoms with E-state index in [1.54, 1.807) is 0 Å². The van der Waals surface area contributed by atoms with Gasteiger partial charge in [-0.1, -0.05) is 55.8 Å². The standard InChI is InChI=1S/C21H27NO2S/c1-16(2)19-8-10-20(11-9-19)24-14-21(23)22-12-13-25-15-18-6-4-17(3)5-7-18/h4-11,16H,12-15H2,1-3H3,(H,22,23). The SMILES string of the molecule is Cc1ccc(CSCCNC(=O)COc2ccc(C(C)C)cc2)cc1. The highest BCUT2D eigenvalue weighted by atomic mass is 32.2. The Morgan fingerprint density at radius 1 is 1.08 bits per heavy atom. The smallest absolute Gasteiger partial charge is 0.257 e. The van der Waals surface area contributed by atoms with Crippen molar-refractivity contribution in [2.24, 2.45) is 0 Å². The van der Waals surface area contributed by atoms with Crippen LogP contribution in [0.25, 0.3) is 0 Å². The van der Waals surface area contributed by atoms with Crippen LogP contribution in [-0.2, 0) is 10.5 Å². The van der Waals surface area contributed by atoms with Crippen LogP contribution >= 0.6 is 11.8 Å². The van der Waals surface area contributed by atoms with Crippen LogP contribution in [0, 0.1) is 6.92 Å². The van der Waals surface area contributed by atoms with Gasteiger partial charge in [-0.15, -0.1) is 0 Å². The summed E-state index contributed by atoms with van der Waals surface area (Å²) in [5, 5.41) is 2.89. The average Bonchev–Trinajstić information content (AvgIpc) is 2.61. The molecule has 0 saturated carbocycles. The number of carbonyl (C=O) groups excluding carboxylic acids is 1. The molecule has 0 heterocycles. The van der Waals surface area contributed by atoms with Crippen molar-refractivity contribution in [1.82, 2.24) is 5.32 Å². The lowest BCUT2D eigenvalue weighted by atomic mass is 10.0. The van der Waals surface area contributed by atoms with Crippen molar-refractivity contribution in [3.8, 4) is 5.75 Å². The fraction of sp³-hybridized carbons (Fsp3) is 0.381. The summed E-state index contributed by atoms with van der Waals surface area (Å²) in [6, 6.07) is 16.5. The third-order valence-electron chi connectivity index (χ3n) is 3.87. The first-order valence-electron chi connectivity index (χ1n) is 8.67. The summed E-state index contributed by atoms with van der Waals surface area (Å²) in [5.41, 5.74) is 3.86. The maximum absolute atomic E-state index is 11.8. The Balaban J connectivity index is 1.58. The summed E-state index contributed by atoms with van der Waals surface area (Å²) >= 11 is 1.82. The van der Waals surface area contributed by atoms with Crippen LogP contribution in [0.1, 0.15) is 36.5 Å². The van der Waals surface area contributed by atoms with E-state index in [-0.39, 0.29) is 12.5 Å². The summed E-state index contributed by atoms with van der Waals surface area (Å²) < 4.78 is 5.52. The summed E-state index contributed by atoms with van der Waals surface area (Å²) in [4.78, 5) is 11.8. The molecule has 25 heavy (non-hydrogen) atoms. The summed E-state index contributed by atoms with van der Waals surface area (Å²) in [5.74, 6) is 3.00. The van der Waals surface area contributed by atoms with E-state index in [1.165, 1.54) is 16.7 Å². The number of ether oxygens (including phenoxy) is 1. The molecular weight excluding hydrogens is 330 g/mol. The first-order chi connectivity index (χ1) is 12.0. The van der Waals surface area contributed by atoms with Gasteiger partial charge in [-0.05, 0) is 36.1 Å². The zero-order chi connectivity index (χ0) is 18.1. The van der Waals surface area contributed by atoms with Crippen LogP contribution in [-0.4, -0.2) is 24.8 Å². The normalized spacial score (nSPS) is 10.7. The molecule has 1 N–H and O–H groups in total. The lowest BCUT2D eigenvalue weighted by Crippen LogP contribution is -2.30. The Bertz CT molecular complexity index is 651. The summed E-state index contributed by atoms with van der Waals surface area (Å²) in [6.45, 7) is 7.11. The van der Waals surface area contributed by atoms with Crippen LogP contribution in [0.2, 0.25) is 0 Å². The van der Waals surface area contributed by atoms with Crippen LogP contribution < -0.4 is 10.1 Å². The Morgan fingerprint density at radius 3 is 2.40 bits per heavy atom. The second-order valence-electron chi connectivity index (χ2n) is 6.40. The van der Waals surface area contributed by atoms with Gasteiger partial charge in [-0.3, -0.25) is 4.79 Å². The molecule has 3 nitrogen and oxygen atoms in total. The molecule has 134 valence electrons. The molecule has 2 rings (SSSR count). The molecular formula is C21H27NO2S. The van der Waals surface area contributed by atoms with Crippen LogP contribution in [0.5, 0.6) is 5.75 Å². The molecule has 0 fully saturated rings. The predicted molar refractivity (Wildman–Crippen MR) is 106 cm³/mol. The van der Waals surface area contributed by atoms with Gasteiger partial charge in [-0.25, -0.2) is 0 Å². The number of hydrogen-bond donors (Lipinski definition) is 1. The van der Waals surface area contributed by atoms with E-state index < -0.39 is 0 Å². The lowest BCUT2D eigenvalue weighted by Gasteiger charge is -2.09. The number of benzene rings is 2. The molecule has 0 aromatic heterocycles. The molecule has 0 aliphatic rings. The number of aryl methyl sites for hydroxylation is 1. The minimum Gasteiger partial charge on any atom is -0.484 e. The van der Waals surface area contributed by atoms with Gasteiger partial charge in [0.1, 0.15) is 5.75 Å². The zero-order valence-electron chi connectivity index (χ0n) is 15.2. The molecule has 4 heteroatoms. The zero-order valence-corrected chi connectivity index (χ0v) is 16.1. The molecule has 0 bridgehead atoms. The molecule has 0 saturated heterocycles. The molecule has 0 atom stereocenters. The monoisotopic (exact) mass is 357 g/mol. The van der Waals surface area contributed by atoms with Gasteiger partial charge in [0.2, 0.25) is 0 Å². The van der Waals surface area contributed by atoms with Crippen LogP contribution in [0.15, 0.2) is 48.5 Å². The van der Waals surface area contributed by atoms with E-state index in [4.69, 9.17) is 4.74 Å². The first kappa shape index (κ1) is 19.4. The molecule has 1 amide bonds. The summed E-state index contributed by atoms with van der Waals surface area (Å²) in [6.07, 6.45) is 0. The maximum Gasteiger partial charge on any atom is 0.257 e. The van der Waals surface area contributed by atoms with Crippen molar-refractivity contribution in [3.63, 3.8) is 0 Å². The van der Waals surface area contributed by atoms with Crippen molar-refractivity contribution in [1.29, 1.82) is 0 Å². The van der Waals surface area contributed by atoms with Crippen molar-refractivity contribution < 1.29 is 9.53 Å². The molecule has 0 aliphatic carbocycles. The van der Waals surface area contributed by atoms with Gasteiger partial charge in [0.05, 0.1) is 0 Å². The van der Waals surface area contributed by atoms with Gasteiger partial charge >= 0.3 is 0 Å². The Kier molecular flexibility index (Phi) is 7.86. The first-order valence-corrected chi connectivity index (χ1v) is 9.83. The topological polar surface area (TPSA) is 38.3 Å². The Labute approximate surface area is 155 Å². The number of rotatable bonds is 9. The second kappa shape index (κ2) is 10.1. The maximum atomic E-state index is 11.8. The largest absolute Gasteiger partial charge is 0.484 e. The van der Waals surface area contributed by atoms with Gasteiger partial charge < -0.3 is 10.1 Å². The lowest BCUT2D eigenvalue weighted by molar-refractivity contribution is -0.122. The Morgan fingerprint density at radius 2 is 1.76 bits per heavy atom. The minimum atomic E-state index is -0.0797. The van der Waals surface area contributed by atoms with E-state index in [2.05, 4.69) is 50.4 Å². The second-order valence-corrected chi connectivity index (χ2v) is 7.51. The van der Waals surface area contributed by atoms with Crippen molar-refractivity contribution in [2.45, 2.75) is 32.4 Å². The third kappa shape index (κ3) is 7.22. The van der Waals surface area contributed by atoms with E-state index >= 15 is 0 Å². The fourth-order valence-corrected chi connectivity index (χ4v) is 3.10. The number of carbonyl (C=O) groups is 1. The summed E-state index contributed by atoms with van der Waals surface area (Å²) in [7, 11) is 0. The highest BCUT2D eigenvalue weighted by Crippen LogP contribution is 2.18. The molecule has 0 unspecified atom stereocenters. The van der Waals surface area contributed by atoms with Crippen molar-refractivity contribution in [2.75, 3.05) is 18.9 Å². The van der Waals surface area contributed by atoms with Crippen molar-refractivity contribution >= 4 is 17.7 Å². The van der Waals surface area contributed by atoms with Gasteiger partial charge in [0.25, 0.3) is 5.91 Å². The van der Waals surface area contributed by atoms with Gasteiger partial charge in [-0.2, -0.15) is 11.8 Å². The number of hydrogen-bond acceptors (Lipinski definition) is 3. The number of amides is 1.